The van der Waals surface area contributed by atoms with Gasteiger partial charge in [0.1, 0.15) is 6.45 Å². The zero-order chi connectivity index (χ0) is 24.2. The van der Waals surface area contributed by atoms with Crippen LogP contribution >= 0.6 is 63.8 Å². The minimum atomic E-state index is -0.381. The number of halogens is 3. The summed E-state index contributed by atoms with van der Waals surface area (Å²) in [6.45, 7) is 5.10. The van der Waals surface area contributed by atoms with Crippen molar-refractivity contribution in [1.29, 1.82) is 0 Å². The molecule has 1 amide bonds. The standard InChI is InChI=1S/C20H20Cl2N2O2S.CH3INO2P/c1-3-26-20(25)17-12-24(11-14-6-4-13(2)5-7-14)27-23-19(17)16-9-8-15(21)10-18(16)22;2-6-5-3-1-4/h4-10,12,19,23H,3,11H2,1-2H3;1,6H,(H,3,4). The fraction of sp³-hybridized carbons (Fsp3) is 0.238. The lowest BCUT2D eigenvalue weighted by molar-refractivity contribution is -0.139. The van der Waals surface area contributed by atoms with E-state index in [4.69, 9.17) is 27.9 Å². The quantitative estimate of drug-likeness (QED) is 0.0689. The Labute approximate surface area is 222 Å². The van der Waals surface area contributed by atoms with Crippen molar-refractivity contribution in [2.45, 2.75) is 26.4 Å². The van der Waals surface area contributed by atoms with Gasteiger partial charge in [-0.15, -0.1) is 0 Å². The molecule has 2 N–H and O–H groups in total. The number of carbonyl (C=O) groups is 2. The summed E-state index contributed by atoms with van der Waals surface area (Å²) in [4.78, 5) is 21.9. The summed E-state index contributed by atoms with van der Waals surface area (Å²) in [6.07, 6.45) is 2.32. The highest BCUT2D eigenvalue weighted by atomic mass is 127. The minimum absolute atomic E-state index is 0.292. The largest absolute Gasteiger partial charge is 0.463 e. The van der Waals surface area contributed by atoms with Crippen molar-refractivity contribution in [3.05, 3.63) is 81.0 Å². The topological polar surface area (TPSA) is 79.9 Å². The van der Waals surface area contributed by atoms with Gasteiger partial charge in [-0.05, 0) is 59.1 Å². The van der Waals surface area contributed by atoms with E-state index in [1.807, 2.05) is 44.1 Å². The molecule has 0 aliphatic carbocycles. The maximum absolute atomic E-state index is 12.6. The van der Waals surface area contributed by atoms with E-state index in [-0.39, 0.29) is 12.0 Å². The first-order chi connectivity index (χ1) is 15.9. The zero-order valence-corrected chi connectivity index (χ0v) is 23.3. The predicted molar refractivity (Wildman–Crippen MR) is 144 cm³/mol. The summed E-state index contributed by atoms with van der Waals surface area (Å²) in [7, 11) is 0. The maximum atomic E-state index is 12.6. The Balaban J connectivity index is 0.000000569. The van der Waals surface area contributed by atoms with Crippen LogP contribution in [0.3, 0.4) is 0 Å². The number of hydroxylamine groups is 1. The molecule has 178 valence electrons. The van der Waals surface area contributed by atoms with Gasteiger partial charge in [0.05, 0.1) is 24.8 Å². The van der Waals surface area contributed by atoms with Crippen LogP contribution in [-0.2, 0) is 25.5 Å². The molecule has 0 saturated carbocycles. The van der Waals surface area contributed by atoms with Crippen LogP contribution in [0, 0.1) is 6.92 Å². The molecule has 1 heterocycles. The molecule has 2 aromatic rings. The van der Waals surface area contributed by atoms with Crippen LogP contribution in [0.15, 0.2) is 54.2 Å². The minimum Gasteiger partial charge on any atom is -0.463 e. The molecule has 0 aromatic heterocycles. The molecule has 2 aromatic carbocycles. The van der Waals surface area contributed by atoms with Gasteiger partial charge in [0.15, 0.2) is 0 Å². The van der Waals surface area contributed by atoms with E-state index in [2.05, 4.69) is 40.5 Å². The summed E-state index contributed by atoms with van der Waals surface area (Å²) in [5.74, 6) is -0.366. The molecule has 0 spiro atoms. The molecular formula is C21H23Cl2IN3O4PS. The van der Waals surface area contributed by atoms with Crippen molar-refractivity contribution in [2.75, 3.05) is 6.61 Å². The number of hydrogen-bond donors (Lipinski definition) is 2. The summed E-state index contributed by atoms with van der Waals surface area (Å²) >= 11 is 15.8. The first-order valence-electron chi connectivity index (χ1n) is 9.68. The van der Waals surface area contributed by atoms with E-state index in [1.165, 1.54) is 17.7 Å². The van der Waals surface area contributed by atoms with Crippen molar-refractivity contribution in [1.82, 2.24) is 14.5 Å². The SMILES string of the molecule is CCOC(=O)C1=CN(Cc2ccc(C)cc2)SNC1c1ccc(Cl)cc1Cl.O=CNOPI. The fourth-order valence-electron chi connectivity index (χ4n) is 2.79. The van der Waals surface area contributed by atoms with Crippen molar-refractivity contribution < 1.29 is 19.0 Å². The summed E-state index contributed by atoms with van der Waals surface area (Å²) in [5.41, 5.74) is 5.67. The molecule has 1 aliphatic heterocycles. The Bertz CT molecular complexity index is 969. The number of carbonyl (C=O) groups excluding carboxylic acids is 2. The van der Waals surface area contributed by atoms with Gasteiger partial charge < -0.3 is 9.04 Å². The van der Waals surface area contributed by atoms with Gasteiger partial charge in [-0.25, -0.2) is 19.6 Å². The number of rotatable bonds is 8. The lowest BCUT2D eigenvalue weighted by atomic mass is 10.00. The summed E-state index contributed by atoms with van der Waals surface area (Å²) < 4.78 is 14.9. The second-order valence-corrected chi connectivity index (χ2v) is 10.00. The van der Waals surface area contributed by atoms with Crippen LogP contribution in [0.5, 0.6) is 0 Å². The van der Waals surface area contributed by atoms with E-state index < -0.39 is 0 Å². The van der Waals surface area contributed by atoms with Crippen LogP contribution in [0.4, 0.5) is 0 Å². The van der Waals surface area contributed by atoms with Crippen LogP contribution in [0.25, 0.3) is 0 Å². The molecule has 12 heteroatoms. The van der Waals surface area contributed by atoms with Crippen molar-refractivity contribution >= 4 is 76.2 Å². The summed E-state index contributed by atoms with van der Waals surface area (Å²) in [6, 6.07) is 13.2. The van der Waals surface area contributed by atoms with Crippen LogP contribution in [-0.4, -0.2) is 23.3 Å². The Morgan fingerprint density at radius 2 is 2.03 bits per heavy atom. The maximum Gasteiger partial charge on any atom is 0.337 e. The average Bonchev–Trinajstić information content (AvgIpc) is 2.80. The van der Waals surface area contributed by atoms with E-state index in [0.29, 0.717) is 41.6 Å². The monoisotopic (exact) mass is 641 g/mol. The predicted octanol–water partition coefficient (Wildman–Crippen LogP) is 6.07. The van der Waals surface area contributed by atoms with Crippen LogP contribution in [0.1, 0.15) is 29.7 Å². The molecular weight excluding hydrogens is 619 g/mol. The van der Waals surface area contributed by atoms with Gasteiger partial charge in [0.25, 0.3) is 0 Å². The third-order valence-electron chi connectivity index (χ3n) is 4.27. The van der Waals surface area contributed by atoms with Crippen LogP contribution < -0.4 is 10.2 Å². The number of hydrogen-bond acceptors (Lipinski definition) is 7. The van der Waals surface area contributed by atoms with E-state index in [0.717, 1.165) is 11.1 Å². The van der Waals surface area contributed by atoms with Gasteiger partial charge in [0, 0.05) is 28.4 Å². The second kappa shape index (κ2) is 15.0. The van der Waals surface area contributed by atoms with Crippen molar-refractivity contribution in [3.63, 3.8) is 0 Å². The number of benzene rings is 2. The number of esters is 1. The van der Waals surface area contributed by atoms with Gasteiger partial charge in [0.2, 0.25) is 6.41 Å². The number of aryl methyl sites for hydroxylation is 1. The number of nitrogens with one attached hydrogen (secondary N) is 2. The van der Waals surface area contributed by atoms with Crippen molar-refractivity contribution in [3.8, 4) is 0 Å². The molecule has 0 fully saturated rings. The van der Waals surface area contributed by atoms with Crippen LogP contribution in [0.2, 0.25) is 10.0 Å². The lowest BCUT2D eigenvalue weighted by Gasteiger charge is -2.31. The van der Waals surface area contributed by atoms with Gasteiger partial charge in [-0.1, -0.05) is 59.1 Å². The molecule has 0 radical (unpaired) electrons. The third kappa shape index (κ3) is 9.24. The Kier molecular flexibility index (Phi) is 12.8. The molecule has 33 heavy (non-hydrogen) atoms. The highest BCUT2D eigenvalue weighted by molar-refractivity contribution is 14.2. The van der Waals surface area contributed by atoms with E-state index >= 15 is 0 Å². The molecule has 0 bridgehead atoms. The Morgan fingerprint density at radius 3 is 2.61 bits per heavy atom. The van der Waals surface area contributed by atoms with E-state index in [1.54, 1.807) is 19.1 Å². The fourth-order valence-corrected chi connectivity index (χ4v) is 4.66. The molecule has 2 unspecified atom stereocenters. The third-order valence-corrected chi connectivity index (χ3v) is 6.50. The van der Waals surface area contributed by atoms with Gasteiger partial charge in [-0.2, -0.15) is 0 Å². The molecule has 2 atom stereocenters. The molecule has 1 aliphatic rings. The van der Waals surface area contributed by atoms with E-state index in [9.17, 15) is 9.59 Å². The highest BCUT2D eigenvalue weighted by Gasteiger charge is 2.30. The average molecular weight is 642 g/mol. The number of nitrogens with zero attached hydrogens (tertiary/aromatic N) is 1. The number of ether oxygens (including phenoxy) is 1. The van der Waals surface area contributed by atoms with Crippen molar-refractivity contribution in [2.24, 2.45) is 0 Å². The normalized spacial score (nSPS) is 15.5. The second-order valence-electron chi connectivity index (χ2n) is 6.59. The first-order valence-corrected chi connectivity index (χ1v) is 15.2. The number of amides is 1. The Hall–Kier alpha value is -1.07. The lowest BCUT2D eigenvalue weighted by Crippen LogP contribution is -2.32. The van der Waals surface area contributed by atoms with Gasteiger partial charge >= 0.3 is 5.97 Å². The molecule has 0 saturated heterocycles. The van der Waals surface area contributed by atoms with Gasteiger partial charge in [-0.3, -0.25) is 4.79 Å². The smallest absolute Gasteiger partial charge is 0.337 e. The first kappa shape index (κ1) is 28.2. The highest BCUT2D eigenvalue weighted by Crippen LogP contribution is 2.36. The summed E-state index contributed by atoms with van der Waals surface area (Å²) in [5, 5.41) is 1.05. The Morgan fingerprint density at radius 1 is 1.30 bits per heavy atom. The zero-order valence-electron chi connectivity index (χ0n) is 17.8. The molecule has 3 rings (SSSR count). The molecule has 7 nitrogen and oxygen atoms in total.